The quantitative estimate of drug-likeness (QED) is 0.811. The van der Waals surface area contributed by atoms with E-state index < -0.39 is 0 Å². The molecule has 1 aromatic heterocycles. The number of anilines is 2. The number of pyridine rings is 1. The lowest BCUT2D eigenvalue weighted by Crippen LogP contribution is -2.38. The second-order valence-electron chi connectivity index (χ2n) is 4.32. The first kappa shape index (κ1) is 11.2. The van der Waals surface area contributed by atoms with Gasteiger partial charge < -0.3 is 16.0 Å². The number of hydrogen-bond donors (Lipinski definition) is 2. The monoisotopic (exact) mass is 220 g/mol. The summed E-state index contributed by atoms with van der Waals surface area (Å²) >= 11 is 0. The number of nitrogens with zero attached hydrogens (tertiary/aromatic N) is 2. The van der Waals surface area contributed by atoms with Crippen LogP contribution in [0.4, 0.5) is 11.4 Å². The highest BCUT2D eigenvalue weighted by Crippen LogP contribution is 2.20. The first-order valence-corrected chi connectivity index (χ1v) is 5.98. The lowest BCUT2D eigenvalue weighted by molar-refractivity contribution is 0.229. The topological polar surface area (TPSA) is 54.2 Å². The lowest BCUT2D eigenvalue weighted by Gasteiger charge is -2.32. The Morgan fingerprint density at radius 3 is 2.88 bits per heavy atom. The van der Waals surface area contributed by atoms with E-state index in [2.05, 4.69) is 22.1 Å². The van der Waals surface area contributed by atoms with Gasteiger partial charge in [0.2, 0.25) is 0 Å². The highest BCUT2D eigenvalue weighted by Gasteiger charge is 2.18. The molecule has 3 N–H and O–H groups in total. The minimum Gasteiger partial charge on any atom is -0.396 e. The molecule has 0 amide bonds. The molecule has 1 aliphatic heterocycles. The van der Waals surface area contributed by atoms with Crippen LogP contribution in [0.3, 0.4) is 0 Å². The number of nitrogens with two attached hydrogens (primary N) is 1. The summed E-state index contributed by atoms with van der Waals surface area (Å²) in [7, 11) is 0. The third-order valence-electron chi connectivity index (χ3n) is 3.25. The maximum absolute atomic E-state index is 5.86. The Morgan fingerprint density at radius 2 is 2.25 bits per heavy atom. The Hall–Kier alpha value is -1.29. The van der Waals surface area contributed by atoms with E-state index in [1.54, 1.807) is 12.4 Å². The smallest absolute Gasteiger partial charge is 0.0736 e. The summed E-state index contributed by atoms with van der Waals surface area (Å²) in [4.78, 5) is 6.47. The van der Waals surface area contributed by atoms with E-state index in [1.807, 2.05) is 6.07 Å². The lowest BCUT2D eigenvalue weighted by atomic mass is 10.0. The number of likely N-dealkylation sites (tertiary alicyclic amines) is 1. The van der Waals surface area contributed by atoms with Gasteiger partial charge in [0, 0.05) is 25.3 Å². The van der Waals surface area contributed by atoms with Crippen LogP contribution in [0.15, 0.2) is 18.5 Å². The predicted molar refractivity (Wildman–Crippen MR) is 67.4 cm³/mol. The molecule has 4 nitrogen and oxygen atoms in total. The van der Waals surface area contributed by atoms with Crippen molar-refractivity contribution in [1.29, 1.82) is 0 Å². The predicted octanol–water partition coefficient (Wildman–Crippen LogP) is 1.56. The number of aromatic nitrogens is 1. The first-order valence-electron chi connectivity index (χ1n) is 5.98. The molecule has 2 heterocycles. The van der Waals surface area contributed by atoms with Crippen LogP contribution >= 0.6 is 0 Å². The highest BCUT2D eigenvalue weighted by atomic mass is 15.1. The van der Waals surface area contributed by atoms with Gasteiger partial charge in [-0.1, -0.05) is 6.92 Å². The van der Waals surface area contributed by atoms with Crippen LogP contribution in [-0.2, 0) is 0 Å². The second-order valence-corrected chi connectivity index (χ2v) is 4.32. The van der Waals surface area contributed by atoms with Gasteiger partial charge in [0.25, 0.3) is 0 Å². The minimum atomic E-state index is 0.549. The van der Waals surface area contributed by atoms with Crippen molar-refractivity contribution in [2.45, 2.75) is 25.8 Å². The molecule has 0 spiro atoms. The Bertz CT molecular complexity index is 332. The van der Waals surface area contributed by atoms with Gasteiger partial charge >= 0.3 is 0 Å². The molecule has 0 saturated carbocycles. The van der Waals surface area contributed by atoms with Crippen molar-refractivity contribution >= 4 is 11.4 Å². The number of rotatable bonds is 3. The maximum Gasteiger partial charge on any atom is 0.0736 e. The molecule has 4 heteroatoms. The van der Waals surface area contributed by atoms with Gasteiger partial charge in [0.15, 0.2) is 0 Å². The van der Waals surface area contributed by atoms with Crippen LogP contribution in [0.5, 0.6) is 0 Å². The van der Waals surface area contributed by atoms with Crippen molar-refractivity contribution in [3.05, 3.63) is 18.5 Å². The van der Waals surface area contributed by atoms with Crippen LogP contribution < -0.4 is 11.1 Å². The molecule has 0 atom stereocenters. The molecule has 2 rings (SSSR count). The third-order valence-corrected chi connectivity index (χ3v) is 3.25. The molecular weight excluding hydrogens is 200 g/mol. The normalized spacial score (nSPS) is 18.6. The molecule has 0 radical (unpaired) electrons. The fraction of sp³-hybridized carbons (Fsp3) is 0.583. The molecule has 0 aliphatic carbocycles. The standard InChI is InChI=1S/C12H20N4/c1-2-16-7-4-10(5-8-16)15-12-3-6-14-9-11(12)13/h3,6,9-10H,2,4-5,7-8,13H2,1H3,(H,14,15). The van der Waals surface area contributed by atoms with Crippen molar-refractivity contribution in [3.63, 3.8) is 0 Å². The van der Waals surface area contributed by atoms with Gasteiger partial charge in [-0.25, -0.2) is 0 Å². The SMILES string of the molecule is CCN1CCC(Nc2ccncc2N)CC1. The fourth-order valence-electron chi connectivity index (χ4n) is 2.15. The van der Waals surface area contributed by atoms with E-state index in [0.717, 1.165) is 17.9 Å². The number of piperidine rings is 1. The minimum absolute atomic E-state index is 0.549. The van der Waals surface area contributed by atoms with E-state index in [1.165, 1.54) is 25.9 Å². The summed E-state index contributed by atoms with van der Waals surface area (Å²) in [5.41, 5.74) is 7.61. The van der Waals surface area contributed by atoms with Crippen LogP contribution in [0.25, 0.3) is 0 Å². The van der Waals surface area contributed by atoms with Crippen molar-refractivity contribution in [3.8, 4) is 0 Å². The fourth-order valence-corrected chi connectivity index (χ4v) is 2.15. The van der Waals surface area contributed by atoms with Gasteiger partial charge in [-0.3, -0.25) is 4.98 Å². The number of hydrogen-bond acceptors (Lipinski definition) is 4. The summed E-state index contributed by atoms with van der Waals surface area (Å²) in [5.74, 6) is 0. The van der Waals surface area contributed by atoms with Gasteiger partial charge in [-0.2, -0.15) is 0 Å². The van der Waals surface area contributed by atoms with Crippen LogP contribution in [0.2, 0.25) is 0 Å². The Balaban J connectivity index is 1.89. The van der Waals surface area contributed by atoms with E-state index in [-0.39, 0.29) is 0 Å². The zero-order valence-electron chi connectivity index (χ0n) is 9.82. The molecular formula is C12H20N4. The summed E-state index contributed by atoms with van der Waals surface area (Å²) in [6.45, 7) is 5.73. The van der Waals surface area contributed by atoms with E-state index in [4.69, 9.17) is 5.73 Å². The largest absolute Gasteiger partial charge is 0.396 e. The average molecular weight is 220 g/mol. The van der Waals surface area contributed by atoms with Crippen molar-refractivity contribution in [1.82, 2.24) is 9.88 Å². The molecule has 0 aromatic carbocycles. The summed E-state index contributed by atoms with van der Waals surface area (Å²) < 4.78 is 0. The number of nitrogen functional groups attached to an aromatic ring is 1. The van der Waals surface area contributed by atoms with Crippen molar-refractivity contribution in [2.24, 2.45) is 0 Å². The maximum atomic E-state index is 5.86. The summed E-state index contributed by atoms with van der Waals surface area (Å²) in [6, 6.07) is 2.49. The molecule has 1 aliphatic rings. The van der Waals surface area contributed by atoms with Crippen molar-refractivity contribution in [2.75, 3.05) is 30.7 Å². The van der Waals surface area contributed by atoms with Gasteiger partial charge in [-0.05, 0) is 25.5 Å². The average Bonchev–Trinajstić information content (AvgIpc) is 2.33. The first-order chi connectivity index (χ1) is 7.79. The molecule has 1 aromatic rings. The number of nitrogens with one attached hydrogen (secondary N) is 1. The van der Waals surface area contributed by atoms with Crippen molar-refractivity contribution < 1.29 is 0 Å². The Labute approximate surface area is 96.8 Å². The molecule has 1 saturated heterocycles. The molecule has 1 fully saturated rings. The van der Waals surface area contributed by atoms with Crippen LogP contribution in [-0.4, -0.2) is 35.6 Å². The molecule has 88 valence electrons. The van der Waals surface area contributed by atoms with Crippen LogP contribution in [0, 0.1) is 0 Å². The van der Waals surface area contributed by atoms with E-state index in [9.17, 15) is 0 Å². The second kappa shape index (κ2) is 5.16. The molecule has 0 unspecified atom stereocenters. The van der Waals surface area contributed by atoms with Gasteiger partial charge in [-0.15, -0.1) is 0 Å². The van der Waals surface area contributed by atoms with E-state index in [0.29, 0.717) is 6.04 Å². The van der Waals surface area contributed by atoms with Gasteiger partial charge in [0.05, 0.1) is 17.6 Å². The van der Waals surface area contributed by atoms with Gasteiger partial charge in [0.1, 0.15) is 0 Å². The Morgan fingerprint density at radius 1 is 1.50 bits per heavy atom. The molecule has 0 bridgehead atoms. The van der Waals surface area contributed by atoms with Crippen LogP contribution in [0.1, 0.15) is 19.8 Å². The third kappa shape index (κ3) is 2.64. The zero-order valence-corrected chi connectivity index (χ0v) is 9.82. The summed E-state index contributed by atoms with van der Waals surface area (Å²) in [6.07, 6.45) is 5.86. The zero-order chi connectivity index (χ0) is 11.4. The Kier molecular flexibility index (Phi) is 3.62. The summed E-state index contributed by atoms with van der Waals surface area (Å²) in [5, 5.41) is 3.50. The highest BCUT2D eigenvalue weighted by molar-refractivity contribution is 5.64. The van der Waals surface area contributed by atoms with E-state index >= 15 is 0 Å². The molecule has 16 heavy (non-hydrogen) atoms.